The number of nitrogens with two attached hydrogens (primary N) is 1. The molecule has 0 amide bonds. The molecule has 2 aromatic rings. The molecule has 2 heterocycles. The normalized spacial score (nSPS) is 11.6. The number of esters is 1. The van der Waals surface area contributed by atoms with Gasteiger partial charge in [0.15, 0.2) is 5.82 Å². The third-order valence-electron chi connectivity index (χ3n) is 2.33. The van der Waals surface area contributed by atoms with Gasteiger partial charge in [0.2, 0.25) is 0 Å². The summed E-state index contributed by atoms with van der Waals surface area (Å²) in [5.74, 6) is -0.313. The Morgan fingerprint density at radius 1 is 1.40 bits per heavy atom. The molecular formula is C12H15N3O4S. The summed E-state index contributed by atoms with van der Waals surface area (Å²) in [7, 11) is 1.29. The first-order valence-corrected chi connectivity index (χ1v) is 6.64. The van der Waals surface area contributed by atoms with E-state index in [9.17, 15) is 9.59 Å². The van der Waals surface area contributed by atoms with E-state index in [2.05, 4.69) is 9.84 Å². The Bertz CT molecular complexity index is 681. The number of fused-ring (bicyclic) bond motifs is 1. The zero-order valence-electron chi connectivity index (χ0n) is 11.6. The molecule has 0 radical (unpaired) electrons. The van der Waals surface area contributed by atoms with Crippen LogP contribution in [0.4, 0.5) is 10.6 Å². The summed E-state index contributed by atoms with van der Waals surface area (Å²) >= 11 is 1.12. The molecule has 0 fully saturated rings. The topological polar surface area (TPSA) is 96.4 Å². The number of hydrogen-bond acceptors (Lipinski definition) is 7. The quantitative estimate of drug-likeness (QED) is 0.811. The number of nitrogens with zero attached hydrogens (tertiary/aromatic N) is 2. The van der Waals surface area contributed by atoms with Crippen molar-refractivity contribution in [1.82, 2.24) is 9.78 Å². The second-order valence-electron chi connectivity index (χ2n) is 5.09. The fourth-order valence-corrected chi connectivity index (χ4v) is 2.53. The Morgan fingerprint density at radius 2 is 2.05 bits per heavy atom. The Hall–Kier alpha value is -2.09. The van der Waals surface area contributed by atoms with Gasteiger partial charge in [-0.2, -0.15) is 4.68 Å². The van der Waals surface area contributed by atoms with E-state index in [4.69, 9.17) is 10.5 Å². The van der Waals surface area contributed by atoms with Crippen LogP contribution >= 0.6 is 11.3 Å². The summed E-state index contributed by atoms with van der Waals surface area (Å²) < 4.78 is 11.5. The highest BCUT2D eigenvalue weighted by Crippen LogP contribution is 2.31. The van der Waals surface area contributed by atoms with Crippen molar-refractivity contribution in [2.75, 3.05) is 12.8 Å². The van der Waals surface area contributed by atoms with Crippen LogP contribution in [0.25, 0.3) is 10.2 Å². The summed E-state index contributed by atoms with van der Waals surface area (Å²) in [6.45, 7) is 5.26. The van der Waals surface area contributed by atoms with Crippen molar-refractivity contribution in [3.8, 4) is 0 Å². The molecular weight excluding hydrogens is 282 g/mol. The molecule has 7 nitrogen and oxygen atoms in total. The Morgan fingerprint density at radius 3 is 2.60 bits per heavy atom. The van der Waals surface area contributed by atoms with E-state index >= 15 is 0 Å². The molecule has 2 N–H and O–H groups in total. The minimum Gasteiger partial charge on any atom is -0.465 e. The molecule has 0 aliphatic carbocycles. The summed E-state index contributed by atoms with van der Waals surface area (Å²) in [4.78, 5) is 23.9. The van der Waals surface area contributed by atoms with Gasteiger partial charge in [0.25, 0.3) is 0 Å². The summed E-state index contributed by atoms with van der Waals surface area (Å²) in [6.07, 6.45) is -0.645. The maximum atomic E-state index is 12.0. The predicted molar refractivity (Wildman–Crippen MR) is 75.0 cm³/mol. The first-order valence-electron chi connectivity index (χ1n) is 5.82. The van der Waals surface area contributed by atoms with E-state index in [1.807, 2.05) is 0 Å². The lowest BCUT2D eigenvalue weighted by Gasteiger charge is -2.18. The standard InChI is InChI=1S/C12H15N3O4S/c1-12(2,3)19-11(17)15-6-5-7(10(16)18-4)20-8(6)9(13)14-15/h5H,1-4H3,(H2,13,14). The van der Waals surface area contributed by atoms with Crippen LogP contribution in [0.1, 0.15) is 30.4 Å². The van der Waals surface area contributed by atoms with Gasteiger partial charge in [-0.1, -0.05) is 0 Å². The monoisotopic (exact) mass is 297 g/mol. The van der Waals surface area contributed by atoms with Crippen molar-refractivity contribution in [2.24, 2.45) is 0 Å². The number of aromatic nitrogens is 2. The molecule has 0 aliphatic rings. The summed E-state index contributed by atoms with van der Waals surface area (Å²) in [5.41, 5.74) is 5.54. The summed E-state index contributed by atoms with van der Waals surface area (Å²) in [6, 6.07) is 1.51. The lowest BCUT2D eigenvalue weighted by molar-refractivity contribution is 0.0521. The Balaban J connectivity index is 2.47. The zero-order valence-corrected chi connectivity index (χ0v) is 12.4. The van der Waals surface area contributed by atoms with Crippen molar-refractivity contribution in [3.63, 3.8) is 0 Å². The number of thiophene rings is 1. The highest BCUT2D eigenvalue weighted by molar-refractivity contribution is 7.21. The molecule has 0 saturated carbocycles. The highest BCUT2D eigenvalue weighted by atomic mass is 32.1. The van der Waals surface area contributed by atoms with E-state index in [0.29, 0.717) is 15.1 Å². The van der Waals surface area contributed by atoms with Gasteiger partial charge in [-0.05, 0) is 26.8 Å². The van der Waals surface area contributed by atoms with Gasteiger partial charge in [-0.15, -0.1) is 16.4 Å². The van der Waals surface area contributed by atoms with E-state index in [-0.39, 0.29) is 5.82 Å². The van der Waals surface area contributed by atoms with Crippen LogP contribution in [-0.2, 0) is 9.47 Å². The van der Waals surface area contributed by atoms with E-state index in [1.165, 1.54) is 13.2 Å². The highest BCUT2D eigenvalue weighted by Gasteiger charge is 2.24. The van der Waals surface area contributed by atoms with Crippen LogP contribution in [0.3, 0.4) is 0 Å². The number of hydrogen-bond donors (Lipinski definition) is 1. The largest absolute Gasteiger partial charge is 0.465 e. The van der Waals surface area contributed by atoms with Crippen molar-refractivity contribution in [3.05, 3.63) is 10.9 Å². The molecule has 0 bridgehead atoms. The van der Waals surface area contributed by atoms with Gasteiger partial charge >= 0.3 is 12.1 Å². The van der Waals surface area contributed by atoms with Crippen molar-refractivity contribution in [2.45, 2.75) is 26.4 Å². The molecule has 2 aromatic heterocycles. The smallest absolute Gasteiger partial charge is 0.435 e. The van der Waals surface area contributed by atoms with Gasteiger partial charge in [-0.3, -0.25) is 0 Å². The van der Waals surface area contributed by atoms with Gasteiger partial charge in [0.05, 0.1) is 17.3 Å². The van der Waals surface area contributed by atoms with E-state index < -0.39 is 17.7 Å². The first kappa shape index (κ1) is 14.3. The number of carbonyl (C=O) groups excluding carboxylic acids is 2. The lowest BCUT2D eigenvalue weighted by atomic mass is 10.2. The minimum atomic E-state index is -0.648. The number of rotatable bonds is 1. The second-order valence-corrected chi connectivity index (χ2v) is 6.15. The number of nitrogen functional groups attached to an aromatic ring is 1. The number of ether oxygens (including phenoxy) is 2. The third kappa shape index (κ3) is 2.60. The molecule has 8 heteroatoms. The first-order chi connectivity index (χ1) is 9.23. The van der Waals surface area contributed by atoms with Crippen LogP contribution in [0.15, 0.2) is 6.07 Å². The van der Waals surface area contributed by atoms with Crippen molar-refractivity contribution in [1.29, 1.82) is 0 Å². The zero-order chi connectivity index (χ0) is 15.1. The van der Waals surface area contributed by atoms with Crippen LogP contribution in [-0.4, -0.2) is 34.6 Å². The molecule has 0 saturated heterocycles. The van der Waals surface area contributed by atoms with Crippen molar-refractivity contribution >= 4 is 39.4 Å². The molecule has 108 valence electrons. The fourth-order valence-electron chi connectivity index (χ4n) is 1.57. The van der Waals surface area contributed by atoms with Crippen LogP contribution in [0.5, 0.6) is 0 Å². The van der Waals surface area contributed by atoms with Gasteiger partial charge < -0.3 is 15.2 Å². The average Bonchev–Trinajstić information content (AvgIpc) is 2.87. The molecule has 20 heavy (non-hydrogen) atoms. The van der Waals surface area contributed by atoms with Crippen LogP contribution in [0.2, 0.25) is 0 Å². The molecule has 0 aromatic carbocycles. The minimum absolute atomic E-state index is 0.172. The van der Waals surface area contributed by atoms with Gasteiger partial charge in [-0.25, -0.2) is 9.59 Å². The Kier molecular flexibility index (Phi) is 3.43. The maximum absolute atomic E-state index is 12.0. The Labute approximate surface area is 119 Å². The molecule has 0 spiro atoms. The van der Waals surface area contributed by atoms with Crippen molar-refractivity contribution < 1.29 is 19.1 Å². The third-order valence-corrected chi connectivity index (χ3v) is 3.46. The van der Waals surface area contributed by atoms with Crippen LogP contribution in [0, 0.1) is 0 Å². The number of methoxy groups -OCH3 is 1. The number of carbonyl (C=O) groups is 2. The number of anilines is 1. The maximum Gasteiger partial charge on any atom is 0.435 e. The molecule has 2 rings (SSSR count). The molecule has 0 atom stereocenters. The van der Waals surface area contributed by atoms with E-state index in [1.54, 1.807) is 20.8 Å². The van der Waals surface area contributed by atoms with Gasteiger partial charge in [0.1, 0.15) is 10.5 Å². The fraction of sp³-hybridized carbons (Fsp3) is 0.417. The SMILES string of the molecule is COC(=O)c1cc2c(s1)c(N)nn2C(=O)OC(C)(C)C. The summed E-state index contributed by atoms with van der Waals surface area (Å²) in [5, 5.41) is 3.94. The van der Waals surface area contributed by atoms with Crippen LogP contribution < -0.4 is 5.73 Å². The van der Waals surface area contributed by atoms with Gasteiger partial charge in [0, 0.05) is 0 Å². The van der Waals surface area contributed by atoms with E-state index in [0.717, 1.165) is 16.0 Å². The lowest BCUT2D eigenvalue weighted by Crippen LogP contribution is -2.27. The predicted octanol–water partition coefficient (Wildman–Crippen LogP) is 2.25. The second kappa shape index (κ2) is 4.78. The average molecular weight is 297 g/mol. The molecule has 0 aliphatic heterocycles. The molecule has 0 unspecified atom stereocenters.